The monoisotopic (exact) mass is 393 g/mol. The molecule has 0 bridgehead atoms. The van der Waals surface area contributed by atoms with Gasteiger partial charge in [0.15, 0.2) is 0 Å². The van der Waals surface area contributed by atoms with Crippen LogP contribution >= 0.6 is 0 Å². The van der Waals surface area contributed by atoms with Gasteiger partial charge < -0.3 is 9.30 Å². The van der Waals surface area contributed by atoms with Gasteiger partial charge in [0.1, 0.15) is 18.2 Å². The molecular formula is C23H24FN3O2. The number of hydrogen-bond donors (Lipinski definition) is 0. The zero-order valence-corrected chi connectivity index (χ0v) is 16.3. The van der Waals surface area contributed by atoms with Gasteiger partial charge in [-0.3, -0.25) is 14.7 Å². The smallest absolute Gasteiger partial charge is 0.254 e. The van der Waals surface area contributed by atoms with Gasteiger partial charge in [-0.1, -0.05) is 18.2 Å². The van der Waals surface area contributed by atoms with Gasteiger partial charge in [0.2, 0.25) is 0 Å². The minimum absolute atomic E-state index is 0.115. The van der Waals surface area contributed by atoms with E-state index in [0.29, 0.717) is 18.7 Å². The van der Waals surface area contributed by atoms with E-state index in [0.717, 1.165) is 17.8 Å². The highest BCUT2D eigenvalue weighted by Crippen LogP contribution is 2.13. The molecule has 0 amide bonds. The first-order chi connectivity index (χ1) is 14.2. The minimum atomic E-state index is -0.281. The van der Waals surface area contributed by atoms with Gasteiger partial charge in [-0.2, -0.15) is 0 Å². The van der Waals surface area contributed by atoms with Crippen LogP contribution in [-0.2, 0) is 26.1 Å². The molecule has 1 aliphatic rings. The number of aromatic nitrogens is 2. The first-order valence-electron chi connectivity index (χ1n) is 9.90. The summed E-state index contributed by atoms with van der Waals surface area (Å²) < 4.78 is 20.2. The summed E-state index contributed by atoms with van der Waals surface area (Å²) in [5.41, 5.74) is 2.93. The normalized spacial score (nSPS) is 13.8. The molecule has 1 saturated heterocycles. The predicted molar refractivity (Wildman–Crippen MR) is 109 cm³/mol. The highest BCUT2D eigenvalue weighted by molar-refractivity contribution is 5.21. The molecule has 29 heavy (non-hydrogen) atoms. The second-order valence-corrected chi connectivity index (χ2v) is 7.35. The van der Waals surface area contributed by atoms with E-state index in [2.05, 4.69) is 16.0 Å². The van der Waals surface area contributed by atoms with Crippen molar-refractivity contribution in [2.75, 3.05) is 13.1 Å². The van der Waals surface area contributed by atoms with E-state index < -0.39 is 0 Å². The minimum Gasteiger partial charge on any atom is -0.489 e. The van der Waals surface area contributed by atoms with Crippen LogP contribution < -0.4 is 10.3 Å². The number of halogens is 1. The third-order valence-electron chi connectivity index (χ3n) is 5.14. The highest BCUT2D eigenvalue weighted by Gasteiger charge is 2.13. The van der Waals surface area contributed by atoms with Crippen molar-refractivity contribution >= 4 is 0 Å². The molecule has 0 radical (unpaired) electrons. The molecule has 3 heterocycles. The maximum Gasteiger partial charge on any atom is 0.254 e. The van der Waals surface area contributed by atoms with Crippen LogP contribution in [0.25, 0.3) is 0 Å². The lowest BCUT2D eigenvalue weighted by atomic mass is 10.1. The van der Waals surface area contributed by atoms with Gasteiger partial charge in [0.25, 0.3) is 5.56 Å². The van der Waals surface area contributed by atoms with Crippen molar-refractivity contribution in [2.24, 2.45) is 0 Å². The van der Waals surface area contributed by atoms with Crippen LogP contribution in [0.4, 0.5) is 4.39 Å². The third kappa shape index (κ3) is 5.29. The SMILES string of the molecule is O=c1cc(OCc2ccc(F)cc2)ccn1CCc1ccc(CN2CCC2)cn1. The van der Waals surface area contributed by atoms with Crippen LogP contribution in [0.5, 0.6) is 5.75 Å². The van der Waals surface area contributed by atoms with Crippen LogP contribution in [0.3, 0.4) is 0 Å². The molecule has 4 rings (SSSR count). The van der Waals surface area contributed by atoms with Crippen molar-refractivity contribution in [1.29, 1.82) is 0 Å². The van der Waals surface area contributed by atoms with Gasteiger partial charge in [0, 0.05) is 43.7 Å². The summed E-state index contributed by atoms with van der Waals surface area (Å²) >= 11 is 0. The zero-order valence-electron chi connectivity index (χ0n) is 16.3. The van der Waals surface area contributed by atoms with E-state index in [1.807, 2.05) is 12.3 Å². The Labute approximate surface area is 169 Å². The molecule has 5 nitrogen and oxygen atoms in total. The van der Waals surface area contributed by atoms with Crippen LogP contribution in [-0.4, -0.2) is 27.5 Å². The molecule has 2 aromatic heterocycles. The Morgan fingerprint density at radius 3 is 2.48 bits per heavy atom. The summed E-state index contributed by atoms with van der Waals surface area (Å²) in [7, 11) is 0. The molecule has 0 atom stereocenters. The Balaban J connectivity index is 1.29. The molecule has 0 unspecified atom stereocenters. The van der Waals surface area contributed by atoms with Crippen LogP contribution in [0.2, 0.25) is 0 Å². The summed E-state index contributed by atoms with van der Waals surface area (Å²) in [6.07, 6.45) is 5.65. The van der Waals surface area contributed by atoms with Gasteiger partial charge >= 0.3 is 0 Å². The van der Waals surface area contributed by atoms with Crippen molar-refractivity contribution in [3.05, 3.63) is 93.9 Å². The Hall–Kier alpha value is -2.99. The lowest BCUT2D eigenvalue weighted by Gasteiger charge is -2.30. The quantitative estimate of drug-likeness (QED) is 0.589. The Bertz CT molecular complexity index is 996. The fourth-order valence-electron chi connectivity index (χ4n) is 3.24. The topological polar surface area (TPSA) is 47.4 Å². The lowest BCUT2D eigenvalue weighted by Crippen LogP contribution is -2.36. The maximum atomic E-state index is 12.9. The number of aryl methyl sites for hydroxylation is 2. The fraction of sp³-hybridized carbons (Fsp3) is 0.304. The van der Waals surface area contributed by atoms with Crippen LogP contribution in [0, 0.1) is 5.82 Å². The maximum absolute atomic E-state index is 12.9. The van der Waals surface area contributed by atoms with Gasteiger partial charge in [-0.15, -0.1) is 0 Å². The average Bonchev–Trinajstić information content (AvgIpc) is 2.70. The Kier molecular flexibility index (Phi) is 6.00. The summed E-state index contributed by atoms with van der Waals surface area (Å²) in [5, 5.41) is 0. The van der Waals surface area contributed by atoms with Gasteiger partial charge in [-0.05, 0) is 54.9 Å². The summed E-state index contributed by atoms with van der Waals surface area (Å²) in [5.74, 6) is 0.223. The molecule has 0 aliphatic carbocycles. The van der Waals surface area contributed by atoms with Gasteiger partial charge in [0.05, 0.1) is 0 Å². The third-order valence-corrected chi connectivity index (χ3v) is 5.14. The van der Waals surface area contributed by atoms with Crippen molar-refractivity contribution in [1.82, 2.24) is 14.5 Å². The number of likely N-dealkylation sites (tertiary alicyclic amines) is 1. The van der Waals surface area contributed by atoms with Crippen molar-refractivity contribution < 1.29 is 9.13 Å². The molecule has 3 aromatic rings. The number of ether oxygens (including phenoxy) is 1. The van der Waals surface area contributed by atoms with Crippen molar-refractivity contribution in [2.45, 2.75) is 32.5 Å². The summed E-state index contributed by atoms with van der Waals surface area (Å²) in [6, 6.07) is 13.5. The number of nitrogens with zero attached hydrogens (tertiary/aromatic N) is 3. The summed E-state index contributed by atoms with van der Waals surface area (Å²) in [6.45, 7) is 4.17. The van der Waals surface area contributed by atoms with E-state index >= 15 is 0 Å². The largest absolute Gasteiger partial charge is 0.489 e. The second kappa shape index (κ2) is 9.01. The lowest BCUT2D eigenvalue weighted by molar-refractivity contribution is 0.172. The van der Waals surface area contributed by atoms with E-state index in [1.54, 1.807) is 29.0 Å². The molecule has 0 spiro atoms. The fourth-order valence-corrected chi connectivity index (χ4v) is 3.24. The number of pyridine rings is 2. The van der Waals surface area contributed by atoms with E-state index in [4.69, 9.17) is 4.74 Å². The molecule has 1 aliphatic heterocycles. The summed E-state index contributed by atoms with van der Waals surface area (Å²) in [4.78, 5) is 19.3. The van der Waals surface area contributed by atoms with Crippen LogP contribution in [0.1, 0.15) is 23.2 Å². The molecule has 0 saturated carbocycles. The molecule has 0 N–H and O–H groups in total. The first-order valence-corrected chi connectivity index (χ1v) is 9.90. The predicted octanol–water partition coefficient (Wildman–Crippen LogP) is 3.41. The number of rotatable bonds is 8. The Morgan fingerprint density at radius 1 is 1.03 bits per heavy atom. The molecule has 150 valence electrons. The Morgan fingerprint density at radius 2 is 1.83 bits per heavy atom. The number of hydrogen-bond acceptors (Lipinski definition) is 4. The van der Waals surface area contributed by atoms with E-state index in [1.165, 1.54) is 43.3 Å². The average molecular weight is 393 g/mol. The first kappa shape index (κ1) is 19.3. The highest BCUT2D eigenvalue weighted by atomic mass is 19.1. The molecule has 1 fully saturated rings. The van der Waals surface area contributed by atoms with Crippen molar-refractivity contribution in [3.63, 3.8) is 0 Å². The van der Waals surface area contributed by atoms with Crippen molar-refractivity contribution in [3.8, 4) is 5.75 Å². The number of benzene rings is 1. The molecule has 1 aromatic carbocycles. The standard InChI is InChI=1S/C23H24FN3O2/c24-20-5-2-18(3-6-20)17-29-22-9-13-27(23(28)14-22)12-8-21-7-4-19(15-25-21)16-26-10-1-11-26/h2-7,9,13-15H,1,8,10-12,16-17H2. The van der Waals surface area contributed by atoms with Crippen LogP contribution in [0.15, 0.2) is 65.7 Å². The van der Waals surface area contributed by atoms with E-state index in [9.17, 15) is 9.18 Å². The second-order valence-electron chi connectivity index (χ2n) is 7.35. The molecular weight excluding hydrogens is 369 g/mol. The van der Waals surface area contributed by atoms with Gasteiger partial charge in [-0.25, -0.2) is 4.39 Å². The molecule has 6 heteroatoms. The van der Waals surface area contributed by atoms with E-state index in [-0.39, 0.29) is 18.0 Å². The zero-order chi connectivity index (χ0) is 20.1.